The number of hydrogen-bond acceptors (Lipinski definition) is 4. The van der Waals surface area contributed by atoms with Gasteiger partial charge in [0.2, 0.25) is 0 Å². The smallest absolute Gasteiger partial charge is 0.261 e. The Labute approximate surface area is 122 Å². The van der Waals surface area contributed by atoms with Gasteiger partial charge in [-0.15, -0.1) is 0 Å². The number of sulfonamides is 1. The molecule has 0 saturated heterocycles. The number of aliphatic hydroxyl groups is 1. The number of aliphatic hydroxyl groups excluding tert-OH is 1. The van der Waals surface area contributed by atoms with E-state index < -0.39 is 22.4 Å². The number of anilines is 1. The van der Waals surface area contributed by atoms with Crippen LogP contribution in [0.15, 0.2) is 35.2 Å². The first-order chi connectivity index (χ1) is 9.83. The summed E-state index contributed by atoms with van der Waals surface area (Å²) in [6.07, 6.45) is 0. The number of aryl methyl sites for hydroxylation is 2. The fraction of sp³-hybridized carbons (Fsp3) is 0.214. The lowest BCUT2D eigenvalue weighted by Crippen LogP contribution is -2.15. The molecule has 21 heavy (non-hydrogen) atoms. The summed E-state index contributed by atoms with van der Waals surface area (Å²) in [6.45, 7) is 2.92. The molecule has 0 radical (unpaired) electrons. The van der Waals surface area contributed by atoms with E-state index in [9.17, 15) is 12.8 Å². The van der Waals surface area contributed by atoms with Crippen molar-refractivity contribution in [3.05, 3.63) is 53.1 Å². The Morgan fingerprint density at radius 2 is 1.95 bits per heavy atom. The van der Waals surface area contributed by atoms with Crippen molar-refractivity contribution in [1.29, 1.82) is 0 Å². The van der Waals surface area contributed by atoms with E-state index in [-0.39, 0.29) is 10.5 Å². The second-order valence-electron chi connectivity index (χ2n) is 4.60. The largest absolute Gasteiger partial charge is 0.392 e. The minimum Gasteiger partial charge on any atom is -0.392 e. The van der Waals surface area contributed by atoms with E-state index in [1.807, 2.05) is 0 Å². The monoisotopic (exact) mass is 310 g/mol. The van der Waals surface area contributed by atoms with E-state index in [1.54, 1.807) is 26.0 Å². The van der Waals surface area contributed by atoms with Crippen LogP contribution in [0.2, 0.25) is 0 Å². The number of aromatic nitrogens is 1. The lowest BCUT2D eigenvalue weighted by molar-refractivity contribution is 0.275. The number of pyridine rings is 1. The molecule has 0 bridgehead atoms. The first-order valence-corrected chi connectivity index (χ1v) is 7.68. The Kier molecular flexibility index (Phi) is 4.24. The van der Waals surface area contributed by atoms with Gasteiger partial charge in [0.25, 0.3) is 10.0 Å². The summed E-state index contributed by atoms with van der Waals surface area (Å²) in [6, 6.07) is 6.57. The number of nitrogens with one attached hydrogen (secondary N) is 1. The molecule has 0 aliphatic carbocycles. The second kappa shape index (κ2) is 5.79. The van der Waals surface area contributed by atoms with Crippen LogP contribution in [0.5, 0.6) is 0 Å². The van der Waals surface area contributed by atoms with Crippen LogP contribution in [-0.4, -0.2) is 18.5 Å². The minimum absolute atomic E-state index is 0.0726. The van der Waals surface area contributed by atoms with Crippen LogP contribution in [-0.2, 0) is 16.6 Å². The van der Waals surface area contributed by atoms with Crippen LogP contribution < -0.4 is 4.72 Å². The maximum atomic E-state index is 13.3. The zero-order chi connectivity index (χ0) is 15.6. The summed E-state index contributed by atoms with van der Waals surface area (Å²) in [5.41, 5.74) is 1.61. The van der Waals surface area contributed by atoms with E-state index in [0.717, 1.165) is 23.9 Å². The van der Waals surface area contributed by atoms with Gasteiger partial charge in [-0.1, -0.05) is 0 Å². The first-order valence-electron chi connectivity index (χ1n) is 6.20. The van der Waals surface area contributed by atoms with Gasteiger partial charge in [0, 0.05) is 11.3 Å². The van der Waals surface area contributed by atoms with Crippen LogP contribution in [0.4, 0.5) is 10.1 Å². The molecule has 0 aliphatic heterocycles. The van der Waals surface area contributed by atoms with Gasteiger partial charge in [-0.2, -0.15) is 0 Å². The van der Waals surface area contributed by atoms with E-state index >= 15 is 0 Å². The molecule has 0 spiro atoms. The molecule has 112 valence electrons. The van der Waals surface area contributed by atoms with Gasteiger partial charge >= 0.3 is 0 Å². The molecule has 1 heterocycles. The highest BCUT2D eigenvalue weighted by Gasteiger charge is 2.17. The second-order valence-corrected chi connectivity index (χ2v) is 6.28. The highest BCUT2D eigenvalue weighted by molar-refractivity contribution is 7.92. The van der Waals surface area contributed by atoms with E-state index in [2.05, 4.69) is 9.71 Å². The van der Waals surface area contributed by atoms with Crippen molar-refractivity contribution in [3.63, 3.8) is 0 Å². The Morgan fingerprint density at radius 1 is 1.24 bits per heavy atom. The molecule has 1 aromatic heterocycles. The van der Waals surface area contributed by atoms with Crippen LogP contribution in [0.3, 0.4) is 0 Å². The summed E-state index contributed by atoms with van der Waals surface area (Å²) in [7, 11) is -3.87. The maximum Gasteiger partial charge on any atom is 0.261 e. The predicted octanol–water partition coefficient (Wildman–Crippen LogP) is 2.13. The Balaban J connectivity index is 2.38. The highest BCUT2D eigenvalue weighted by atomic mass is 32.2. The number of hydrogen-bond donors (Lipinski definition) is 2. The molecule has 0 fully saturated rings. The van der Waals surface area contributed by atoms with Gasteiger partial charge in [-0.3, -0.25) is 9.71 Å². The molecule has 0 amide bonds. The molecular weight excluding hydrogens is 295 g/mol. The molecule has 2 N–H and O–H groups in total. The van der Waals surface area contributed by atoms with E-state index in [1.165, 1.54) is 0 Å². The van der Waals surface area contributed by atoms with Crippen LogP contribution >= 0.6 is 0 Å². The Morgan fingerprint density at radius 3 is 2.57 bits per heavy atom. The maximum absolute atomic E-state index is 13.3. The topological polar surface area (TPSA) is 79.3 Å². The van der Waals surface area contributed by atoms with Crippen molar-refractivity contribution in [2.75, 3.05) is 4.72 Å². The van der Waals surface area contributed by atoms with Crippen molar-refractivity contribution >= 4 is 15.7 Å². The average Bonchev–Trinajstić information content (AvgIpc) is 2.42. The zero-order valence-electron chi connectivity index (χ0n) is 11.6. The van der Waals surface area contributed by atoms with Crippen LogP contribution in [0.25, 0.3) is 0 Å². The van der Waals surface area contributed by atoms with Gasteiger partial charge in [0.15, 0.2) is 0 Å². The quantitative estimate of drug-likeness (QED) is 0.906. The van der Waals surface area contributed by atoms with Gasteiger partial charge in [0.1, 0.15) is 5.82 Å². The van der Waals surface area contributed by atoms with Crippen LogP contribution in [0.1, 0.15) is 17.0 Å². The van der Waals surface area contributed by atoms with Crippen LogP contribution in [0, 0.1) is 19.7 Å². The van der Waals surface area contributed by atoms with E-state index in [0.29, 0.717) is 11.4 Å². The molecule has 0 atom stereocenters. The molecule has 0 aliphatic rings. The molecule has 2 aromatic rings. The number of rotatable bonds is 4. The average molecular weight is 310 g/mol. The molecule has 5 nitrogen and oxygen atoms in total. The van der Waals surface area contributed by atoms with Gasteiger partial charge in [0.05, 0.1) is 22.9 Å². The van der Waals surface area contributed by atoms with E-state index in [4.69, 9.17) is 5.11 Å². The molecule has 2 rings (SSSR count). The lowest BCUT2D eigenvalue weighted by Gasteiger charge is -2.11. The van der Waals surface area contributed by atoms with Crippen molar-refractivity contribution < 1.29 is 17.9 Å². The molecule has 1 aromatic carbocycles. The number of halogens is 1. The normalized spacial score (nSPS) is 11.4. The summed E-state index contributed by atoms with van der Waals surface area (Å²) >= 11 is 0. The van der Waals surface area contributed by atoms with Crippen molar-refractivity contribution in [2.45, 2.75) is 25.3 Å². The minimum atomic E-state index is -3.87. The first kappa shape index (κ1) is 15.4. The zero-order valence-corrected chi connectivity index (χ0v) is 12.4. The summed E-state index contributed by atoms with van der Waals surface area (Å²) < 4.78 is 40.3. The molecule has 0 saturated carbocycles. The SMILES string of the molecule is Cc1ccc(NS(=O)(=O)c2ccc(F)c(CO)c2)c(C)n1. The van der Waals surface area contributed by atoms with Crippen molar-refractivity contribution in [1.82, 2.24) is 4.98 Å². The molecule has 0 unspecified atom stereocenters. The summed E-state index contributed by atoms with van der Waals surface area (Å²) in [5, 5.41) is 9.01. The molecule has 7 heteroatoms. The third-order valence-corrected chi connectivity index (χ3v) is 4.33. The Bertz CT molecular complexity index is 776. The predicted molar refractivity (Wildman–Crippen MR) is 76.8 cm³/mol. The summed E-state index contributed by atoms with van der Waals surface area (Å²) in [4.78, 5) is 4.05. The van der Waals surface area contributed by atoms with Gasteiger partial charge in [-0.05, 0) is 44.2 Å². The number of nitrogens with zero attached hydrogens (tertiary/aromatic N) is 1. The lowest BCUT2D eigenvalue weighted by atomic mass is 10.2. The standard InChI is InChI=1S/C14H15FN2O3S/c1-9-3-6-14(10(2)16-9)17-21(19,20)12-4-5-13(15)11(7-12)8-18/h3-7,17-18H,8H2,1-2H3. The molecular formula is C14H15FN2O3S. The third-order valence-electron chi connectivity index (χ3n) is 2.97. The number of benzene rings is 1. The summed E-state index contributed by atoms with van der Waals surface area (Å²) in [5.74, 6) is -0.648. The van der Waals surface area contributed by atoms with Crippen molar-refractivity contribution in [3.8, 4) is 0 Å². The van der Waals surface area contributed by atoms with Gasteiger partial charge in [-0.25, -0.2) is 12.8 Å². The fourth-order valence-corrected chi connectivity index (χ4v) is 3.01. The Hall–Kier alpha value is -1.99. The fourth-order valence-electron chi connectivity index (χ4n) is 1.84. The van der Waals surface area contributed by atoms with Crippen molar-refractivity contribution in [2.24, 2.45) is 0 Å². The van der Waals surface area contributed by atoms with Gasteiger partial charge < -0.3 is 5.11 Å². The highest BCUT2D eigenvalue weighted by Crippen LogP contribution is 2.20. The third kappa shape index (κ3) is 3.37.